The lowest BCUT2D eigenvalue weighted by molar-refractivity contribution is -0.385. The van der Waals surface area contributed by atoms with Crippen LogP contribution < -0.4 is 15.5 Å². The van der Waals surface area contributed by atoms with Gasteiger partial charge in [0.05, 0.1) is 4.92 Å². The third kappa shape index (κ3) is 3.02. The van der Waals surface area contributed by atoms with Gasteiger partial charge < -0.3 is 10.6 Å². The molecule has 1 heterocycles. The lowest BCUT2D eigenvalue weighted by Gasteiger charge is -2.14. The van der Waals surface area contributed by atoms with Gasteiger partial charge in [0.1, 0.15) is 5.56 Å². The summed E-state index contributed by atoms with van der Waals surface area (Å²) in [5.41, 5.74) is 0.945. The number of nitrogens with zero attached hydrogens (tertiary/aromatic N) is 2. The van der Waals surface area contributed by atoms with Crippen molar-refractivity contribution < 1.29 is 14.5 Å². The average Bonchev–Trinajstić information content (AvgIpc) is 3.01. The molecule has 0 aliphatic carbocycles. The van der Waals surface area contributed by atoms with Crippen molar-refractivity contribution >= 4 is 29.0 Å². The molecular weight excluding hydrogens is 312 g/mol. The second-order valence-electron chi connectivity index (χ2n) is 5.16. The summed E-state index contributed by atoms with van der Waals surface area (Å²) in [6, 6.07) is 12.3. The molecule has 2 aromatic carbocycles. The van der Waals surface area contributed by atoms with Crippen LogP contribution in [0.5, 0.6) is 0 Å². The number of carbonyl (C=O) groups excluding carboxylic acids is 2. The van der Waals surface area contributed by atoms with Crippen molar-refractivity contribution in [3.63, 3.8) is 0 Å². The summed E-state index contributed by atoms with van der Waals surface area (Å²) in [5, 5.41) is 16.3. The van der Waals surface area contributed by atoms with Crippen molar-refractivity contribution in [1.82, 2.24) is 5.32 Å². The van der Waals surface area contributed by atoms with Gasteiger partial charge in [-0.25, -0.2) is 4.79 Å². The molecule has 0 unspecified atom stereocenters. The molecule has 8 heteroatoms. The molecule has 2 N–H and O–H groups in total. The molecule has 1 aliphatic heterocycles. The Morgan fingerprint density at radius 2 is 1.88 bits per heavy atom. The maximum Gasteiger partial charge on any atom is 0.321 e. The molecule has 0 saturated carbocycles. The second kappa shape index (κ2) is 6.37. The van der Waals surface area contributed by atoms with Gasteiger partial charge in [0, 0.05) is 30.5 Å². The van der Waals surface area contributed by atoms with Gasteiger partial charge in [0.25, 0.3) is 11.6 Å². The van der Waals surface area contributed by atoms with Crippen molar-refractivity contribution in [2.24, 2.45) is 0 Å². The van der Waals surface area contributed by atoms with E-state index in [9.17, 15) is 19.7 Å². The zero-order chi connectivity index (χ0) is 17.1. The topological polar surface area (TPSA) is 105 Å². The predicted octanol–water partition coefficient (Wildman–Crippen LogP) is 2.38. The molecule has 2 aromatic rings. The molecule has 1 saturated heterocycles. The standard InChI is InChI=1S/C16H14N4O4/c21-15(13-3-1-2-4-14(13)20(23)24)18-11-5-7-12(8-6-11)19-10-9-17-16(19)22/h1-8H,9-10H2,(H,17,22)(H,18,21). The van der Waals surface area contributed by atoms with Gasteiger partial charge in [0.2, 0.25) is 0 Å². The molecule has 24 heavy (non-hydrogen) atoms. The fourth-order valence-corrected chi connectivity index (χ4v) is 2.47. The number of nitro groups is 1. The average molecular weight is 326 g/mol. The van der Waals surface area contributed by atoms with Crippen LogP contribution in [0.3, 0.4) is 0 Å². The number of hydrogen-bond acceptors (Lipinski definition) is 4. The van der Waals surface area contributed by atoms with Gasteiger partial charge in [-0.05, 0) is 30.3 Å². The number of anilines is 2. The molecule has 3 rings (SSSR count). The zero-order valence-corrected chi connectivity index (χ0v) is 12.6. The maximum absolute atomic E-state index is 12.2. The molecule has 0 radical (unpaired) electrons. The van der Waals surface area contributed by atoms with Crippen LogP contribution in [0.25, 0.3) is 0 Å². The van der Waals surface area contributed by atoms with E-state index in [-0.39, 0.29) is 17.3 Å². The first kappa shape index (κ1) is 15.5. The van der Waals surface area contributed by atoms with Crippen molar-refractivity contribution in [1.29, 1.82) is 0 Å². The SMILES string of the molecule is O=C(Nc1ccc(N2CCNC2=O)cc1)c1ccccc1[N+](=O)[O-]. The fraction of sp³-hybridized carbons (Fsp3) is 0.125. The Kier molecular flexibility index (Phi) is 4.11. The molecule has 8 nitrogen and oxygen atoms in total. The number of benzene rings is 2. The number of hydrogen-bond donors (Lipinski definition) is 2. The van der Waals surface area contributed by atoms with E-state index in [4.69, 9.17) is 0 Å². The molecule has 1 fully saturated rings. The monoisotopic (exact) mass is 326 g/mol. The highest BCUT2D eigenvalue weighted by atomic mass is 16.6. The minimum absolute atomic E-state index is 0.00880. The smallest absolute Gasteiger partial charge is 0.321 e. The summed E-state index contributed by atoms with van der Waals surface area (Å²) < 4.78 is 0. The van der Waals surface area contributed by atoms with E-state index in [0.29, 0.717) is 24.5 Å². The van der Waals surface area contributed by atoms with E-state index in [0.717, 1.165) is 0 Å². The summed E-state index contributed by atoms with van der Waals surface area (Å²) in [4.78, 5) is 35.8. The Morgan fingerprint density at radius 1 is 1.17 bits per heavy atom. The summed E-state index contributed by atoms with van der Waals surface area (Å²) in [5.74, 6) is -0.561. The van der Waals surface area contributed by atoms with Crippen LogP contribution in [-0.2, 0) is 0 Å². The van der Waals surface area contributed by atoms with E-state index >= 15 is 0 Å². The van der Waals surface area contributed by atoms with E-state index in [1.54, 1.807) is 35.2 Å². The molecule has 3 amide bonds. The number of nitrogens with one attached hydrogen (secondary N) is 2. The lowest BCUT2D eigenvalue weighted by atomic mass is 10.1. The molecular formula is C16H14N4O4. The number of carbonyl (C=O) groups is 2. The van der Waals surface area contributed by atoms with Crippen LogP contribution in [0.2, 0.25) is 0 Å². The number of rotatable bonds is 4. The number of para-hydroxylation sites is 1. The first-order valence-corrected chi connectivity index (χ1v) is 7.26. The third-order valence-corrected chi connectivity index (χ3v) is 3.64. The van der Waals surface area contributed by atoms with Gasteiger partial charge in [-0.3, -0.25) is 19.8 Å². The molecule has 0 aromatic heterocycles. The second-order valence-corrected chi connectivity index (χ2v) is 5.16. The van der Waals surface area contributed by atoms with Crippen LogP contribution >= 0.6 is 0 Å². The zero-order valence-electron chi connectivity index (χ0n) is 12.6. The van der Waals surface area contributed by atoms with Gasteiger partial charge in [-0.2, -0.15) is 0 Å². The number of urea groups is 1. The number of amides is 3. The van der Waals surface area contributed by atoms with Crippen molar-refractivity contribution in [2.75, 3.05) is 23.3 Å². The molecule has 122 valence electrons. The number of nitro benzene ring substituents is 1. The Bertz CT molecular complexity index is 804. The fourth-order valence-electron chi connectivity index (χ4n) is 2.47. The maximum atomic E-state index is 12.2. The van der Waals surface area contributed by atoms with E-state index < -0.39 is 10.8 Å². The molecule has 1 aliphatic rings. The predicted molar refractivity (Wildman–Crippen MR) is 88.2 cm³/mol. The normalized spacial score (nSPS) is 13.5. The van der Waals surface area contributed by atoms with Gasteiger partial charge in [-0.15, -0.1) is 0 Å². The first-order valence-electron chi connectivity index (χ1n) is 7.26. The van der Waals surface area contributed by atoms with Crippen LogP contribution in [-0.4, -0.2) is 30.0 Å². The van der Waals surface area contributed by atoms with Gasteiger partial charge in [-0.1, -0.05) is 12.1 Å². The Hall–Kier alpha value is -3.42. The third-order valence-electron chi connectivity index (χ3n) is 3.64. The molecule has 0 spiro atoms. The molecule has 0 bridgehead atoms. The first-order chi connectivity index (χ1) is 11.6. The molecule has 0 atom stereocenters. The summed E-state index contributed by atoms with van der Waals surface area (Å²) in [6.45, 7) is 1.18. The minimum atomic E-state index is -0.593. The Morgan fingerprint density at radius 3 is 2.50 bits per heavy atom. The van der Waals surface area contributed by atoms with E-state index in [2.05, 4.69) is 10.6 Å². The highest BCUT2D eigenvalue weighted by molar-refractivity contribution is 6.07. The summed E-state index contributed by atoms with van der Waals surface area (Å²) in [6.07, 6.45) is 0. The Balaban J connectivity index is 1.76. The minimum Gasteiger partial charge on any atom is -0.336 e. The van der Waals surface area contributed by atoms with Crippen molar-refractivity contribution in [3.8, 4) is 0 Å². The Labute approximate surface area is 137 Å². The van der Waals surface area contributed by atoms with Crippen LogP contribution in [0.1, 0.15) is 10.4 Å². The lowest BCUT2D eigenvalue weighted by Crippen LogP contribution is -2.27. The van der Waals surface area contributed by atoms with Crippen LogP contribution in [0.4, 0.5) is 21.9 Å². The highest BCUT2D eigenvalue weighted by Gasteiger charge is 2.21. The summed E-state index contributed by atoms with van der Waals surface area (Å²) in [7, 11) is 0. The quantitative estimate of drug-likeness (QED) is 0.664. The van der Waals surface area contributed by atoms with Gasteiger partial charge >= 0.3 is 6.03 Å². The van der Waals surface area contributed by atoms with Crippen LogP contribution in [0.15, 0.2) is 48.5 Å². The van der Waals surface area contributed by atoms with Crippen molar-refractivity contribution in [3.05, 3.63) is 64.2 Å². The largest absolute Gasteiger partial charge is 0.336 e. The van der Waals surface area contributed by atoms with Crippen LogP contribution in [0, 0.1) is 10.1 Å². The van der Waals surface area contributed by atoms with E-state index in [1.807, 2.05) is 0 Å². The van der Waals surface area contributed by atoms with Crippen molar-refractivity contribution in [2.45, 2.75) is 0 Å². The van der Waals surface area contributed by atoms with Gasteiger partial charge in [0.15, 0.2) is 0 Å². The van der Waals surface area contributed by atoms with E-state index in [1.165, 1.54) is 18.2 Å². The summed E-state index contributed by atoms with van der Waals surface area (Å²) >= 11 is 0. The highest BCUT2D eigenvalue weighted by Crippen LogP contribution is 2.22.